The molecule has 0 saturated heterocycles. The van der Waals surface area contributed by atoms with E-state index in [2.05, 4.69) is 101 Å². The Labute approximate surface area is 582 Å². The van der Waals surface area contributed by atoms with Crippen molar-refractivity contribution in [2.75, 3.05) is 39.6 Å². The lowest BCUT2D eigenvalue weighted by Crippen LogP contribution is -2.30. The summed E-state index contributed by atoms with van der Waals surface area (Å²) >= 11 is 0. The fraction of sp³-hybridized carbons (Fsp3) is 0.740. The molecule has 0 aliphatic heterocycles. The number of carbonyl (C=O) groups excluding carboxylic acids is 4. The van der Waals surface area contributed by atoms with Crippen LogP contribution in [0, 0.1) is 0 Å². The molecular weight excluding hydrogens is 1260 g/mol. The Balaban J connectivity index is 5.33. The number of esters is 4. The second kappa shape index (κ2) is 69.5. The molecule has 0 rings (SSSR count). The van der Waals surface area contributed by atoms with Gasteiger partial charge in [-0.15, -0.1) is 0 Å². The van der Waals surface area contributed by atoms with Crippen molar-refractivity contribution < 1.29 is 80.2 Å². The number of ether oxygens (including phenoxy) is 4. The Morgan fingerprint density at radius 1 is 0.312 bits per heavy atom. The Bertz CT molecular complexity index is 2200. The molecule has 0 aliphatic carbocycles. The number of phosphoric acid groups is 2. The van der Waals surface area contributed by atoms with Gasteiger partial charge in [0.05, 0.1) is 32.8 Å². The molecule has 96 heavy (non-hydrogen) atoms. The zero-order valence-corrected chi connectivity index (χ0v) is 62.1. The SMILES string of the molecule is CC/C=C\C/C=C\C/C=C\C/C=C\C/C=C\CC(=O)OCC(COP(=O)(O)OCC(O)COP(=O)(O)OCC(COC(=O)CCCCCCCC/C=C\C/C=C\C/C=C\CCCCC)OC(=O)CCCCCCCCCCCCC)OC(=O)CCCCCCCCCCCCC. The van der Waals surface area contributed by atoms with Crippen molar-refractivity contribution in [2.24, 2.45) is 0 Å². The molecule has 19 heteroatoms. The number of hydrogen-bond donors (Lipinski definition) is 3. The molecule has 0 radical (unpaired) electrons. The first-order valence-electron chi connectivity index (χ1n) is 37.5. The van der Waals surface area contributed by atoms with Crippen molar-refractivity contribution in [3.05, 3.63) is 97.2 Å². The van der Waals surface area contributed by atoms with E-state index in [1.165, 1.54) is 96.3 Å². The van der Waals surface area contributed by atoms with Crippen molar-refractivity contribution in [3.63, 3.8) is 0 Å². The van der Waals surface area contributed by atoms with Gasteiger partial charge in [0, 0.05) is 19.3 Å². The van der Waals surface area contributed by atoms with Gasteiger partial charge in [-0.2, -0.15) is 0 Å². The van der Waals surface area contributed by atoms with Crippen LogP contribution in [0.25, 0.3) is 0 Å². The number of aliphatic hydroxyl groups excluding tert-OH is 1. The van der Waals surface area contributed by atoms with Crippen LogP contribution in [0.1, 0.15) is 310 Å². The topological polar surface area (TPSA) is 237 Å². The van der Waals surface area contributed by atoms with Crippen LogP contribution in [0.2, 0.25) is 0 Å². The number of unbranched alkanes of at least 4 members (excludes halogenated alkanes) is 29. The van der Waals surface area contributed by atoms with Crippen molar-refractivity contribution >= 4 is 39.5 Å². The fourth-order valence-corrected chi connectivity index (χ4v) is 11.5. The van der Waals surface area contributed by atoms with Crippen LogP contribution in [-0.4, -0.2) is 96.7 Å². The van der Waals surface area contributed by atoms with Crippen molar-refractivity contribution in [1.82, 2.24) is 0 Å². The smallest absolute Gasteiger partial charge is 0.462 e. The lowest BCUT2D eigenvalue weighted by molar-refractivity contribution is -0.161. The minimum absolute atomic E-state index is 0.0685. The average Bonchev–Trinajstić information content (AvgIpc) is 1.56. The van der Waals surface area contributed by atoms with Crippen LogP contribution in [0.15, 0.2) is 97.2 Å². The second-order valence-corrected chi connectivity index (χ2v) is 27.8. The average molecular weight is 1390 g/mol. The maximum Gasteiger partial charge on any atom is 0.472 e. The summed E-state index contributed by atoms with van der Waals surface area (Å²) in [6.07, 6.45) is 71.5. The zero-order valence-electron chi connectivity index (χ0n) is 60.3. The van der Waals surface area contributed by atoms with Crippen LogP contribution in [0.5, 0.6) is 0 Å². The van der Waals surface area contributed by atoms with E-state index in [9.17, 15) is 43.2 Å². The Morgan fingerprint density at radius 3 is 0.948 bits per heavy atom. The highest BCUT2D eigenvalue weighted by Crippen LogP contribution is 2.45. The van der Waals surface area contributed by atoms with Gasteiger partial charge < -0.3 is 33.8 Å². The molecule has 0 amide bonds. The summed E-state index contributed by atoms with van der Waals surface area (Å²) in [5, 5.41) is 10.6. The Morgan fingerprint density at radius 2 is 0.583 bits per heavy atom. The maximum atomic E-state index is 13.0. The summed E-state index contributed by atoms with van der Waals surface area (Å²) < 4.78 is 68.2. The predicted molar refractivity (Wildman–Crippen MR) is 390 cm³/mol. The lowest BCUT2D eigenvalue weighted by Gasteiger charge is -2.21. The Hall–Kier alpha value is -4.02. The number of phosphoric ester groups is 2. The molecule has 0 aromatic heterocycles. The Kier molecular flexibility index (Phi) is 66.6. The van der Waals surface area contributed by atoms with Gasteiger partial charge in [0.1, 0.15) is 19.3 Å². The summed E-state index contributed by atoms with van der Waals surface area (Å²) in [5.41, 5.74) is 0. The van der Waals surface area contributed by atoms with Crippen LogP contribution < -0.4 is 0 Å². The summed E-state index contributed by atoms with van der Waals surface area (Å²) in [6.45, 7) is 4.60. The molecule has 0 bridgehead atoms. The minimum Gasteiger partial charge on any atom is -0.462 e. The highest BCUT2D eigenvalue weighted by atomic mass is 31.2. The zero-order chi connectivity index (χ0) is 70.4. The molecular formula is C77H134O17P2. The molecule has 0 fully saturated rings. The quantitative estimate of drug-likeness (QED) is 0.0169. The maximum absolute atomic E-state index is 13.0. The van der Waals surface area contributed by atoms with Crippen LogP contribution in [0.3, 0.4) is 0 Å². The number of aliphatic hydroxyl groups is 1. The minimum atomic E-state index is -4.98. The van der Waals surface area contributed by atoms with Crippen LogP contribution >= 0.6 is 15.6 Å². The molecule has 0 aromatic carbocycles. The molecule has 0 saturated carbocycles. The van der Waals surface area contributed by atoms with E-state index < -0.39 is 97.5 Å². The van der Waals surface area contributed by atoms with E-state index in [-0.39, 0.29) is 25.7 Å². The molecule has 0 aliphatic rings. The summed E-state index contributed by atoms with van der Waals surface area (Å²) in [7, 11) is -9.96. The third-order valence-corrected chi connectivity index (χ3v) is 17.5. The number of carbonyl (C=O) groups is 4. The fourth-order valence-electron chi connectivity index (χ4n) is 9.89. The molecule has 5 atom stereocenters. The third-order valence-electron chi connectivity index (χ3n) is 15.6. The summed E-state index contributed by atoms with van der Waals surface area (Å²) in [6, 6.07) is 0. The van der Waals surface area contributed by atoms with E-state index in [0.717, 1.165) is 135 Å². The first kappa shape index (κ1) is 92.0. The van der Waals surface area contributed by atoms with Crippen LogP contribution in [-0.2, 0) is 65.4 Å². The molecule has 3 N–H and O–H groups in total. The number of allylic oxidation sites excluding steroid dienone is 15. The van der Waals surface area contributed by atoms with E-state index in [4.69, 9.17) is 37.0 Å². The predicted octanol–water partition coefficient (Wildman–Crippen LogP) is 21.2. The third kappa shape index (κ3) is 68.5. The molecule has 0 heterocycles. The van der Waals surface area contributed by atoms with Gasteiger partial charge in [0.2, 0.25) is 0 Å². The van der Waals surface area contributed by atoms with Gasteiger partial charge in [0.15, 0.2) is 12.2 Å². The van der Waals surface area contributed by atoms with Crippen LogP contribution in [0.4, 0.5) is 0 Å². The first-order chi connectivity index (χ1) is 46.7. The van der Waals surface area contributed by atoms with Gasteiger partial charge in [-0.3, -0.25) is 37.3 Å². The van der Waals surface area contributed by atoms with Crippen molar-refractivity contribution in [2.45, 2.75) is 329 Å². The van der Waals surface area contributed by atoms with E-state index >= 15 is 0 Å². The highest BCUT2D eigenvalue weighted by Gasteiger charge is 2.30. The normalized spacial score (nSPS) is 14.5. The van der Waals surface area contributed by atoms with Gasteiger partial charge >= 0.3 is 39.5 Å². The van der Waals surface area contributed by atoms with E-state index in [1.54, 1.807) is 6.08 Å². The molecule has 0 spiro atoms. The van der Waals surface area contributed by atoms with E-state index in [1.807, 2.05) is 18.2 Å². The summed E-state index contributed by atoms with van der Waals surface area (Å²) in [5.74, 6) is -2.32. The van der Waals surface area contributed by atoms with Crippen molar-refractivity contribution in [3.8, 4) is 0 Å². The standard InChI is InChI=1S/C77H134O17P2/c1-5-9-13-17-21-25-29-31-33-34-35-36-38-40-44-46-50-54-58-62-75(80)88-68-73(94-77(82)64-60-56-52-48-42-28-24-20-16-12-8-4)70-92-96(85,86)90-66-71(78)65-89-95(83,84)91-69-72(93-76(81)63-59-55-51-47-41-27-23-19-15-11-7-3)67-87-74(79)61-57-53-49-45-43-39-37-32-30-26-22-18-14-10-6-2/h10,14,21-22,25-26,31-33,35-37,43,45,53,57,71-73,78H,5-9,11-13,15-20,23-24,27-30,34,38-42,44,46-52,54-56,58-70H2,1-4H3,(H,83,84)(H,85,86)/b14-10-,25-21-,26-22-,33-31-,36-35-,37-32-,45-43-,57-53-. The van der Waals surface area contributed by atoms with Crippen molar-refractivity contribution in [1.29, 1.82) is 0 Å². The van der Waals surface area contributed by atoms with Gasteiger partial charge in [-0.25, -0.2) is 9.13 Å². The van der Waals surface area contributed by atoms with Gasteiger partial charge in [-0.1, -0.05) is 292 Å². The molecule has 554 valence electrons. The monoisotopic (exact) mass is 1390 g/mol. The van der Waals surface area contributed by atoms with E-state index in [0.29, 0.717) is 25.7 Å². The largest absolute Gasteiger partial charge is 0.472 e. The molecule has 5 unspecified atom stereocenters. The highest BCUT2D eigenvalue weighted by molar-refractivity contribution is 7.47. The molecule has 17 nitrogen and oxygen atoms in total. The molecule has 0 aromatic rings. The lowest BCUT2D eigenvalue weighted by atomic mass is 10.1. The van der Waals surface area contributed by atoms with Gasteiger partial charge in [0.25, 0.3) is 0 Å². The number of hydrogen-bond acceptors (Lipinski definition) is 15. The number of rotatable bonds is 70. The summed E-state index contributed by atoms with van der Waals surface area (Å²) in [4.78, 5) is 72.6. The van der Waals surface area contributed by atoms with Gasteiger partial charge in [-0.05, 0) is 89.9 Å². The second-order valence-electron chi connectivity index (χ2n) is 24.9. The first-order valence-corrected chi connectivity index (χ1v) is 40.5.